The van der Waals surface area contributed by atoms with Crippen molar-refractivity contribution in [3.8, 4) is 0 Å². The minimum atomic E-state index is -1.43. The summed E-state index contributed by atoms with van der Waals surface area (Å²) in [6.45, 7) is -0.433. The molecular formula is C45H57N12O10S2+. The van der Waals surface area contributed by atoms with Crippen LogP contribution in [0.1, 0.15) is 43.2 Å². The van der Waals surface area contributed by atoms with E-state index in [0.29, 0.717) is 17.5 Å². The summed E-state index contributed by atoms with van der Waals surface area (Å²) in [6.07, 6.45) is 1.80. The van der Waals surface area contributed by atoms with Crippen LogP contribution in [0.2, 0.25) is 0 Å². The summed E-state index contributed by atoms with van der Waals surface area (Å²) in [5.74, 6) is -6.96. The predicted octanol–water partition coefficient (Wildman–Crippen LogP) is -2.80. The number of quaternary nitrogens is 1. The molecule has 3 fully saturated rings. The Morgan fingerprint density at radius 2 is 1.29 bits per heavy atom. The third-order valence-electron chi connectivity index (χ3n) is 12.5. The molecule has 4 aromatic rings. The third-order valence-corrected chi connectivity index (χ3v) is 15.0. The van der Waals surface area contributed by atoms with Gasteiger partial charge < -0.3 is 68.7 Å². The van der Waals surface area contributed by atoms with E-state index < -0.39 is 102 Å². The van der Waals surface area contributed by atoms with Crippen LogP contribution >= 0.6 is 21.6 Å². The topological polar surface area (TPSA) is 352 Å². The Kier molecular flexibility index (Phi) is 16.5. The Bertz CT molecular complexity index is 2610. The minimum absolute atomic E-state index is 0.0432. The summed E-state index contributed by atoms with van der Waals surface area (Å²) in [7, 11) is 2.14. The number of hydrogen-bond donors (Lipinski definition) is 11. The van der Waals surface area contributed by atoms with E-state index in [1.54, 1.807) is 18.5 Å². The zero-order valence-corrected chi connectivity index (χ0v) is 39.2. The second kappa shape index (κ2) is 22.7. The Morgan fingerprint density at radius 1 is 0.725 bits per heavy atom. The number of aromatic nitrogens is 2. The molecule has 0 aliphatic carbocycles. The van der Waals surface area contributed by atoms with Gasteiger partial charge in [-0.1, -0.05) is 58.0 Å². The number of H-pyrrole nitrogens is 2. The van der Waals surface area contributed by atoms with Crippen molar-refractivity contribution in [1.82, 2.24) is 46.4 Å². The van der Waals surface area contributed by atoms with Crippen molar-refractivity contribution in [2.45, 2.75) is 93.3 Å². The number of nitrogens with zero attached hydrogens (tertiary/aromatic N) is 2. The lowest BCUT2D eigenvalue weighted by molar-refractivity contribution is -0.355. The standard InChI is InChI=1S/C45H56N12O10S2/c46-17-38(60)51-34-22-69-68-21-33(39(48)61)55-41(63)32(15-24-19-50-29-9-4-2-7-27(24)29)53-42(64)35-10-5-13-56(35)44(66)30(11-12-37(47)59)52-40(62)31(14-23-18-49-28-8-3-1-6-26(23)28)54-43(65)36-16-25(58)20-57(36)45(34)67/h1-4,6-9,18-19,25,30-36,49-50,58H,5,10-17,20-22,46H2,(H2,47,59)(H2,48,61)(H,51,60)(H,52,62)(H,53,64)(H,54,65)(H,55,63)/p+1/t25-,30+,31-,32+,33+,34+,35+,36+/m1/s1. The van der Waals surface area contributed by atoms with Gasteiger partial charge in [0.2, 0.25) is 47.3 Å². The molecule has 22 nitrogen and oxygen atoms in total. The maximum atomic E-state index is 14.6. The first kappa shape index (κ1) is 50.3. The van der Waals surface area contributed by atoms with Crippen molar-refractivity contribution in [3.63, 3.8) is 0 Å². The second-order valence-corrected chi connectivity index (χ2v) is 19.9. The molecular weight excluding hydrogens is 933 g/mol. The summed E-state index contributed by atoms with van der Waals surface area (Å²) in [5, 5.41) is 26.0. The van der Waals surface area contributed by atoms with E-state index in [9.17, 15) is 48.3 Å². The average molecular weight is 990 g/mol. The number of para-hydroxylation sites is 2. The Hall–Kier alpha value is -6.63. The zero-order chi connectivity index (χ0) is 49.4. The van der Waals surface area contributed by atoms with Crippen LogP contribution in [0, 0.1) is 0 Å². The van der Waals surface area contributed by atoms with Crippen LogP contribution in [0.15, 0.2) is 60.9 Å². The number of carbonyl (C=O) groups is 9. The maximum Gasteiger partial charge on any atom is 0.275 e. The van der Waals surface area contributed by atoms with Crippen LogP contribution in [0.4, 0.5) is 0 Å². The molecule has 0 radical (unpaired) electrons. The number of amides is 9. The van der Waals surface area contributed by atoms with Crippen LogP contribution in [-0.2, 0) is 56.0 Å². The van der Waals surface area contributed by atoms with E-state index in [1.807, 2.05) is 42.5 Å². The van der Waals surface area contributed by atoms with Crippen molar-refractivity contribution in [1.29, 1.82) is 0 Å². The summed E-state index contributed by atoms with van der Waals surface area (Å²) in [5.41, 5.74) is 17.7. The summed E-state index contributed by atoms with van der Waals surface area (Å²) >= 11 is 0. The highest BCUT2D eigenvalue weighted by Gasteiger charge is 2.44. The van der Waals surface area contributed by atoms with E-state index in [4.69, 9.17) is 11.5 Å². The summed E-state index contributed by atoms with van der Waals surface area (Å²) in [4.78, 5) is 133. The first-order valence-electron chi connectivity index (χ1n) is 22.6. The fraction of sp³-hybridized carbons (Fsp3) is 0.444. The van der Waals surface area contributed by atoms with Crippen LogP contribution in [0.25, 0.3) is 21.8 Å². The van der Waals surface area contributed by atoms with Gasteiger partial charge in [-0.05, 0) is 42.5 Å². The lowest BCUT2D eigenvalue weighted by atomic mass is 10.0. The molecule has 24 heteroatoms. The van der Waals surface area contributed by atoms with E-state index >= 15 is 0 Å². The Morgan fingerprint density at radius 3 is 1.88 bits per heavy atom. The van der Waals surface area contributed by atoms with E-state index in [0.717, 1.165) is 48.3 Å². The lowest BCUT2D eigenvalue weighted by Gasteiger charge is -2.31. The van der Waals surface area contributed by atoms with E-state index in [2.05, 4.69) is 42.3 Å². The largest absolute Gasteiger partial charge is 0.391 e. The van der Waals surface area contributed by atoms with Crippen LogP contribution in [0.5, 0.6) is 0 Å². The summed E-state index contributed by atoms with van der Waals surface area (Å²) in [6, 6.07) is 5.52. The molecule has 2 aromatic heterocycles. The number of primary amides is 2. The third kappa shape index (κ3) is 12.2. The molecule has 9 amide bonds. The van der Waals surface area contributed by atoms with Gasteiger partial charge in [0.25, 0.3) is 5.91 Å². The number of aliphatic hydroxyl groups is 1. The van der Waals surface area contributed by atoms with E-state index in [1.165, 1.54) is 4.90 Å². The van der Waals surface area contributed by atoms with Gasteiger partial charge in [0.05, 0.1) is 6.10 Å². The fourth-order valence-electron chi connectivity index (χ4n) is 8.96. The van der Waals surface area contributed by atoms with Gasteiger partial charge in [-0.2, -0.15) is 0 Å². The molecule has 3 saturated heterocycles. The van der Waals surface area contributed by atoms with Gasteiger partial charge >= 0.3 is 0 Å². The van der Waals surface area contributed by atoms with Crippen molar-refractivity contribution in [2.75, 3.05) is 31.1 Å². The molecule has 0 bridgehead atoms. The Labute approximate surface area is 403 Å². The van der Waals surface area contributed by atoms with Crippen molar-refractivity contribution < 1.29 is 54.0 Å². The molecule has 7 rings (SSSR count). The van der Waals surface area contributed by atoms with Gasteiger partial charge in [-0.3, -0.25) is 43.2 Å². The molecule has 368 valence electrons. The molecule has 69 heavy (non-hydrogen) atoms. The van der Waals surface area contributed by atoms with E-state index in [-0.39, 0.29) is 69.7 Å². The molecule has 0 saturated carbocycles. The normalized spacial score (nSPS) is 25.9. The molecule has 0 unspecified atom stereocenters. The van der Waals surface area contributed by atoms with Crippen molar-refractivity contribution >= 4 is 96.6 Å². The Balaban J connectivity index is 1.25. The highest BCUT2D eigenvalue weighted by molar-refractivity contribution is 8.76. The SMILES string of the molecule is NC(=O)CC[C@@H]1NC(=O)[C@@H](Cc2c[nH]c3ccccc23)NC(=O)[C@@H]2C[C@@H](O)CN2C(=O)[C@@H](NC(=O)C[NH3+])CSSC[C@@H](C(N)=O)NC(=O)[C@H](Cc2c[nH]c3ccccc23)NC(=O)[C@@H]2CCCN2C1=O. The molecule has 3 aliphatic heterocycles. The molecule has 8 atom stereocenters. The van der Waals surface area contributed by atoms with Crippen molar-refractivity contribution in [2.24, 2.45) is 11.5 Å². The number of nitrogens with one attached hydrogen (secondary N) is 7. The molecule has 5 heterocycles. The fourth-order valence-corrected chi connectivity index (χ4v) is 11.3. The number of aromatic amines is 2. The number of rotatable bonds is 10. The van der Waals surface area contributed by atoms with Gasteiger partial charge in [-0.15, -0.1) is 0 Å². The van der Waals surface area contributed by atoms with Crippen LogP contribution in [-0.4, -0.2) is 158 Å². The minimum Gasteiger partial charge on any atom is -0.391 e. The molecule has 2 aromatic carbocycles. The quantitative estimate of drug-likeness (QED) is 0.0719. The number of fused-ring (bicyclic) bond motifs is 4. The molecule has 0 spiro atoms. The van der Waals surface area contributed by atoms with Gasteiger partial charge in [0.1, 0.15) is 42.3 Å². The first-order chi connectivity index (χ1) is 33.1. The average Bonchev–Trinajstić information content (AvgIpc) is 4.16. The highest BCUT2D eigenvalue weighted by atomic mass is 33.1. The molecule has 3 aliphatic rings. The number of aliphatic hydroxyl groups excluding tert-OH is 1. The first-order valence-corrected chi connectivity index (χ1v) is 25.1. The predicted molar refractivity (Wildman–Crippen MR) is 255 cm³/mol. The molecule has 15 N–H and O–H groups in total. The monoisotopic (exact) mass is 989 g/mol. The van der Waals surface area contributed by atoms with Crippen molar-refractivity contribution in [3.05, 3.63) is 72.1 Å². The number of hydrogen-bond acceptors (Lipinski definition) is 12. The van der Waals surface area contributed by atoms with Gasteiger partial charge in [-0.25, -0.2) is 0 Å². The zero-order valence-electron chi connectivity index (χ0n) is 37.6. The van der Waals surface area contributed by atoms with Crippen LogP contribution < -0.4 is 43.8 Å². The number of carbonyl (C=O) groups excluding carboxylic acids is 9. The maximum absolute atomic E-state index is 14.6. The van der Waals surface area contributed by atoms with Gasteiger partial charge in [0, 0.05) is 84.5 Å². The van der Waals surface area contributed by atoms with Crippen LogP contribution in [0.3, 0.4) is 0 Å². The smallest absolute Gasteiger partial charge is 0.275 e. The number of nitrogens with two attached hydrogens (primary N) is 2. The summed E-state index contributed by atoms with van der Waals surface area (Å²) < 4.78 is 0. The number of benzene rings is 2. The van der Waals surface area contributed by atoms with Gasteiger partial charge in [0.15, 0.2) is 6.54 Å². The highest BCUT2D eigenvalue weighted by Crippen LogP contribution is 2.28. The second-order valence-electron chi connectivity index (χ2n) is 17.3. The lowest BCUT2D eigenvalue weighted by Crippen LogP contribution is -2.62.